The Bertz CT molecular complexity index is 942. The predicted octanol–water partition coefficient (Wildman–Crippen LogP) is 2.59. The number of nitrogens with one attached hydrogen (secondary N) is 1. The van der Waals surface area contributed by atoms with Gasteiger partial charge in [-0.25, -0.2) is 4.98 Å². The van der Waals surface area contributed by atoms with Gasteiger partial charge in [0, 0.05) is 49.7 Å². The number of nitrogens with zero attached hydrogens (tertiary/aromatic N) is 3. The van der Waals surface area contributed by atoms with Crippen molar-refractivity contribution in [2.75, 3.05) is 25.0 Å². The minimum atomic E-state index is -0.172. The summed E-state index contributed by atoms with van der Waals surface area (Å²) in [5.74, 6) is -0.306. The summed E-state index contributed by atoms with van der Waals surface area (Å²) in [5, 5.41) is 12.2. The van der Waals surface area contributed by atoms with Gasteiger partial charge in [0.15, 0.2) is 0 Å². The highest BCUT2D eigenvalue weighted by Gasteiger charge is 2.16. The van der Waals surface area contributed by atoms with Crippen LogP contribution in [0, 0.1) is 0 Å². The fourth-order valence-corrected chi connectivity index (χ4v) is 3.13. The molecule has 3 aromatic rings. The third-order valence-corrected chi connectivity index (χ3v) is 4.72. The summed E-state index contributed by atoms with van der Waals surface area (Å²) in [6, 6.07) is 16.8. The lowest BCUT2D eigenvalue weighted by molar-refractivity contribution is -0.116. The molecule has 156 valence electrons. The first-order valence-electron chi connectivity index (χ1n) is 9.95. The minimum absolute atomic E-state index is 0.106. The van der Waals surface area contributed by atoms with Crippen LogP contribution in [0.25, 0.3) is 0 Å². The number of aliphatic hydroxyl groups excluding tert-OH is 1. The van der Waals surface area contributed by atoms with Crippen molar-refractivity contribution in [3.05, 3.63) is 84.4 Å². The number of hydrogen-bond acceptors (Lipinski definition) is 4. The van der Waals surface area contributed by atoms with E-state index in [0.29, 0.717) is 37.2 Å². The summed E-state index contributed by atoms with van der Waals surface area (Å²) in [6.07, 6.45) is 6.15. The van der Waals surface area contributed by atoms with Gasteiger partial charge < -0.3 is 19.9 Å². The second kappa shape index (κ2) is 10.9. The van der Waals surface area contributed by atoms with Gasteiger partial charge in [-0.1, -0.05) is 36.4 Å². The first-order valence-corrected chi connectivity index (χ1v) is 9.95. The summed E-state index contributed by atoms with van der Waals surface area (Å²) < 4.78 is 1.83. The molecule has 2 N–H and O–H groups in total. The monoisotopic (exact) mass is 406 g/mol. The van der Waals surface area contributed by atoms with Crippen LogP contribution >= 0.6 is 0 Å². The third kappa shape index (κ3) is 6.28. The van der Waals surface area contributed by atoms with Gasteiger partial charge in [0.1, 0.15) is 0 Å². The fraction of sp³-hybridized carbons (Fsp3) is 0.261. The highest BCUT2D eigenvalue weighted by atomic mass is 16.3. The lowest BCUT2D eigenvalue weighted by Crippen LogP contribution is -2.35. The molecular weight excluding hydrogens is 380 g/mol. The second-order valence-corrected chi connectivity index (χ2v) is 6.93. The standard InChI is InChI=1S/C23H26N4O3/c28-16-15-27(13-9-19-5-2-1-3-6-19)23(30)20-7-4-8-21(17-20)25-22(29)10-12-26-14-11-24-18-26/h1-8,11,14,17-18,28H,9-10,12-13,15-16H2,(H,25,29). The van der Waals surface area contributed by atoms with Gasteiger partial charge in [-0.3, -0.25) is 9.59 Å². The maximum Gasteiger partial charge on any atom is 0.254 e. The van der Waals surface area contributed by atoms with E-state index in [1.807, 2.05) is 34.9 Å². The summed E-state index contributed by atoms with van der Waals surface area (Å²) in [6.45, 7) is 1.19. The van der Waals surface area contributed by atoms with Crippen LogP contribution in [0.3, 0.4) is 0 Å². The van der Waals surface area contributed by atoms with Gasteiger partial charge in [0.05, 0.1) is 12.9 Å². The molecule has 2 amide bonds. The van der Waals surface area contributed by atoms with E-state index in [-0.39, 0.29) is 25.0 Å². The first kappa shape index (κ1) is 21.3. The first-order chi connectivity index (χ1) is 14.7. The molecule has 0 radical (unpaired) electrons. The van der Waals surface area contributed by atoms with Crippen molar-refractivity contribution in [2.24, 2.45) is 0 Å². The zero-order chi connectivity index (χ0) is 21.2. The van der Waals surface area contributed by atoms with E-state index in [9.17, 15) is 14.7 Å². The molecule has 2 aromatic carbocycles. The second-order valence-electron chi connectivity index (χ2n) is 6.93. The Morgan fingerprint density at radius 3 is 2.63 bits per heavy atom. The number of imidazole rings is 1. The molecule has 0 aliphatic heterocycles. The number of benzene rings is 2. The van der Waals surface area contributed by atoms with Crippen molar-refractivity contribution in [1.29, 1.82) is 0 Å². The SMILES string of the molecule is O=C(CCn1ccnc1)Nc1cccc(C(=O)N(CCO)CCc2ccccc2)c1. The van der Waals surface area contributed by atoms with Crippen LogP contribution in [0.1, 0.15) is 22.3 Å². The fourth-order valence-electron chi connectivity index (χ4n) is 3.13. The molecule has 0 atom stereocenters. The molecule has 0 bridgehead atoms. The number of aromatic nitrogens is 2. The summed E-state index contributed by atoms with van der Waals surface area (Å²) in [5.41, 5.74) is 2.18. The highest BCUT2D eigenvalue weighted by molar-refractivity contribution is 5.97. The molecule has 1 aromatic heterocycles. The van der Waals surface area contributed by atoms with Crippen molar-refractivity contribution in [3.8, 4) is 0 Å². The van der Waals surface area contributed by atoms with Crippen molar-refractivity contribution in [2.45, 2.75) is 19.4 Å². The maximum absolute atomic E-state index is 13.0. The van der Waals surface area contributed by atoms with Crippen molar-refractivity contribution < 1.29 is 14.7 Å². The Kier molecular flexibility index (Phi) is 7.74. The van der Waals surface area contributed by atoms with E-state index in [1.54, 1.807) is 47.9 Å². The number of aryl methyl sites for hydroxylation is 1. The smallest absolute Gasteiger partial charge is 0.254 e. The summed E-state index contributed by atoms with van der Waals surface area (Å²) >= 11 is 0. The van der Waals surface area contributed by atoms with Crippen LogP contribution in [-0.4, -0.2) is 51.1 Å². The molecule has 0 aliphatic carbocycles. The molecule has 0 saturated carbocycles. The number of amides is 2. The minimum Gasteiger partial charge on any atom is -0.395 e. The Labute approximate surface area is 176 Å². The van der Waals surface area contributed by atoms with E-state index in [4.69, 9.17) is 0 Å². The molecule has 7 nitrogen and oxygen atoms in total. The van der Waals surface area contributed by atoms with Crippen molar-refractivity contribution in [1.82, 2.24) is 14.5 Å². The van der Waals surface area contributed by atoms with E-state index in [1.165, 1.54) is 0 Å². The average Bonchev–Trinajstić information content (AvgIpc) is 3.29. The van der Waals surface area contributed by atoms with E-state index in [0.717, 1.165) is 5.56 Å². The molecule has 0 spiro atoms. The number of anilines is 1. The van der Waals surface area contributed by atoms with Gasteiger partial charge in [0.2, 0.25) is 5.91 Å². The zero-order valence-electron chi connectivity index (χ0n) is 16.8. The Morgan fingerprint density at radius 2 is 1.90 bits per heavy atom. The number of carbonyl (C=O) groups is 2. The van der Waals surface area contributed by atoms with E-state index < -0.39 is 0 Å². The Hall–Kier alpha value is -3.45. The lowest BCUT2D eigenvalue weighted by Gasteiger charge is -2.22. The third-order valence-electron chi connectivity index (χ3n) is 4.72. The normalized spacial score (nSPS) is 10.6. The van der Waals surface area contributed by atoms with Gasteiger partial charge in [0.25, 0.3) is 5.91 Å². The molecular formula is C23H26N4O3. The van der Waals surface area contributed by atoms with Crippen LogP contribution in [-0.2, 0) is 17.8 Å². The summed E-state index contributed by atoms with van der Waals surface area (Å²) in [4.78, 5) is 30.8. The van der Waals surface area contributed by atoms with Gasteiger partial charge >= 0.3 is 0 Å². The summed E-state index contributed by atoms with van der Waals surface area (Å²) in [7, 11) is 0. The van der Waals surface area contributed by atoms with Crippen LogP contribution in [0.15, 0.2) is 73.3 Å². The van der Waals surface area contributed by atoms with Gasteiger partial charge in [-0.2, -0.15) is 0 Å². The number of rotatable bonds is 10. The van der Waals surface area contributed by atoms with Crippen LogP contribution in [0.5, 0.6) is 0 Å². The molecule has 30 heavy (non-hydrogen) atoms. The molecule has 7 heteroatoms. The number of carbonyl (C=O) groups excluding carboxylic acids is 2. The molecule has 3 rings (SSSR count). The highest BCUT2D eigenvalue weighted by Crippen LogP contribution is 2.14. The van der Waals surface area contributed by atoms with Crippen LogP contribution in [0.2, 0.25) is 0 Å². The lowest BCUT2D eigenvalue weighted by atomic mass is 10.1. The molecule has 0 aliphatic rings. The van der Waals surface area contributed by atoms with Crippen LogP contribution in [0.4, 0.5) is 5.69 Å². The van der Waals surface area contributed by atoms with Gasteiger partial charge in [-0.15, -0.1) is 0 Å². The van der Waals surface area contributed by atoms with Crippen LogP contribution < -0.4 is 5.32 Å². The molecule has 0 fully saturated rings. The topological polar surface area (TPSA) is 87.5 Å². The Balaban J connectivity index is 1.60. The predicted molar refractivity (Wildman–Crippen MR) is 115 cm³/mol. The largest absolute Gasteiger partial charge is 0.395 e. The Morgan fingerprint density at radius 1 is 1.07 bits per heavy atom. The van der Waals surface area contributed by atoms with E-state index >= 15 is 0 Å². The maximum atomic E-state index is 13.0. The van der Waals surface area contributed by atoms with Gasteiger partial charge in [-0.05, 0) is 30.2 Å². The number of aliphatic hydroxyl groups is 1. The van der Waals surface area contributed by atoms with Crippen molar-refractivity contribution >= 4 is 17.5 Å². The van der Waals surface area contributed by atoms with E-state index in [2.05, 4.69) is 10.3 Å². The molecule has 0 saturated heterocycles. The zero-order valence-corrected chi connectivity index (χ0v) is 16.8. The quantitative estimate of drug-likeness (QED) is 0.542. The molecule has 0 unspecified atom stereocenters. The average molecular weight is 406 g/mol. The molecule has 1 heterocycles. The number of hydrogen-bond donors (Lipinski definition) is 2. The van der Waals surface area contributed by atoms with Crippen molar-refractivity contribution in [3.63, 3.8) is 0 Å².